The Labute approximate surface area is 214 Å². The largest absolute Gasteiger partial charge is 0.387 e. The number of aromatic nitrogens is 3. The number of fused-ring (bicyclic) bond motifs is 1. The highest BCUT2D eigenvalue weighted by molar-refractivity contribution is 7.70. The van der Waals surface area contributed by atoms with E-state index in [0.29, 0.717) is 22.8 Å². The molecular formula is C19H22Cl2N4O9P2. The van der Waals surface area contributed by atoms with Crippen molar-refractivity contribution in [2.75, 3.05) is 17.8 Å². The van der Waals surface area contributed by atoms with Crippen LogP contribution in [-0.2, 0) is 24.9 Å². The van der Waals surface area contributed by atoms with E-state index < -0.39 is 52.1 Å². The van der Waals surface area contributed by atoms with E-state index in [-0.39, 0.29) is 11.0 Å². The number of hydrogen-bond donors (Lipinski definition) is 6. The van der Waals surface area contributed by atoms with Crippen LogP contribution in [0, 0.1) is 0 Å². The maximum Gasteiger partial charge on any atom is 0.340 e. The van der Waals surface area contributed by atoms with Crippen LogP contribution in [0.3, 0.4) is 0 Å². The van der Waals surface area contributed by atoms with Gasteiger partial charge in [0.25, 0.3) is 0 Å². The first-order valence-electron chi connectivity index (χ1n) is 10.4. The normalized spacial score (nSPS) is 24.2. The third-order valence-electron chi connectivity index (χ3n) is 5.35. The van der Waals surface area contributed by atoms with E-state index in [2.05, 4.69) is 15.4 Å². The summed E-state index contributed by atoms with van der Waals surface area (Å²) >= 11 is 12.4. The minimum absolute atomic E-state index is 0.0877. The van der Waals surface area contributed by atoms with Gasteiger partial charge in [0, 0.05) is 17.6 Å². The van der Waals surface area contributed by atoms with Crippen LogP contribution >= 0.6 is 38.4 Å². The molecule has 0 aliphatic carbocycles. The number of ether oxygens (including phenoxy) is 1. The Morgan fingerprint density at radius 1 is 1.14 bits per heavy atom. The van der Waals surface area contributed by atoms with Gasteiger partial charge < -0.3 is 39.5 Å². The lowest BCUT2D eigenvalue weighted by Gasteiger charge is -2.18. The maximum absolute atomic E-state index is 11.9. The van der Waals surface area contributed by atoms with Crippen LogP contribution in [0.5, 0.6) is 0 Å². The lowest BCUT2D eigenvalue weighted by Crippen LogP contribution is -2.33. The molecule has 13 nitrogen and oxygen atoms in total. The quantitative estimate of drug-likeness (QED) is 0.201. The predicted octanol–water partition coefficient (Wildman–Crippen LogP) is 2.15. The predicted molar refractivity (Wildman–Crippen MR) is 129 cm³/mol. The fourth-order valence-electron chi connectivity index (χ4n) is 3.70. The molecule has 1 fully saturated rings. The number of benzene rings is 1. The Kier molecular flexibility index (Phi) is 8.11. The first-order valence-corrected chi connectivity index (χ1v) is 14.7. The van der Waals surface area contributed by atoms with Gasteiger partial charge in [-0.05, 0) is 11.6 Å². The van der Waals surface area contributed by atoms with Gasteiger partial charge in [0.2, 0.25) is 0 Å². The smallest absolute Gasteiger partial charge is 0.340 e. The summed E-state index contributed by atoms with van der Waals surface area (Å²) in [5.74, 6) is -1.31. The second-order valence-corrected chi connectivity index (χ2v) is 12.8. The highest BCUT2D eigenvalue weighted by atomic mass is 35.5. The van der Waals surface area contributed by atoms with Crippen molar-refractivity contribution in [3.63, 3.8) is 0 Å². The van der Waals surface area contributed by atoms with Crippen LogP contribution in [0.1, 0.15) is 17.5 Å². The van der Waals surface area contributed by atoms with Crippen LogP contribution in [0.25, 0.3) is 5.52 Å². The van der Waals surface area contributed by atoms with E-state index in [4.69, 9.17) is 42.2 Å². The Morgan fingerprint density at radius 2 is 1.86 bits per heavy atom. The van der Waals surface area contributed by atoms with Gasteiger partial charge in [-0.25, -0.2) is 9.50 Å². The number of imidazole rings is 1. The third-order valence-corrected chi connectivity index (χ3v) is 9.36. The highest BCUT2D eigenvalue weighted by Crippen LogP contribution is 2.55. The third kappa shape index (κ3) is 6.27. The molecule has 0 saturated carbocycles. The lowest BCUT2D eigenvalue weighted by molar-refractivity contribution is -0.0217. The van der Waals surface area contributed by atoms with Gasteiger partial charge in [-0.2, -0.15) is 5.10 Å². The standard InChI is InChI=1S/C19H22Cl2N4O9P2/c20-11-4-2-1-3-10(11)6-22-12-5-15(21)24-25-13(12)7-23-19(25)18-17(27)16(26)14(34-18)8-33-36(31,32)9-35(28,29)30/h1-5,7,14,16-18,22,26-27H,6,8-9H2,(H,31,32)(H2,28,29,30)/t14-,16-,17-,18-/m1/s1. The molecule has 1 aromatic carbocycles. The number of halogens is 2. The van der Waals surface area contributed by atoms with Gasteiger partial charge in [-0.3, -0.25) is 9.13 Å². The summed E-state index contributed by atoms with van der Waals surface area (Å²) in [6.07, 6.45) is -4.15. The summed E-state index contributed by atoms with van der Waals surface area (Å²) in [5.41, 5.74) is 1.87. The highest BCUT2D eigenvalue weighted by Gasteiger charge is 2.46. The summed E-state index contributed by atoms with van der Waals surface area (Å²) in [7, 11) is -9.52. The second-order valence-electron chi connectivity index (χ2n) is 8.05. The summed E-state index contributed by atoms with van der Waals surface area (Å²) < 4.78 is 34.6. The van der Waals surface area contributed by atoms with E-state index in [1.165, 1.54) is 10.7 Å². The van der Waals surface area contributed by atoms with E-state index in [9.17, 15) is 24.2 Å². The van der Waals surface area contributed by atoms with Crippen LogP contribution in [-0.4, -0.2) is 70.3 Å². The first kappa shape index (κ1) is 27.4. The Bertz CT molecular complexity index is 1350. The Balaban J connectivity index is 1.53. The van der Waals surface area contributed by atoms with Crippen LogP contribution in [0.2, 0.25) is 10.2 Å². The van der Waals surface area contributed by atoms with E-state index in [1.807, 2.05) is 18.2 Å². The molecule has 196 valence electrons. The van der Waals surface area contributed by atoms with E-state index in [1.54, 1.807) is 12.1 Å². The minimum atomic E-state index is -4.83. The number of anilines is 1. The number of nitrogens with one attached hydrogen (secondary N) is 1. The molecule has 4 rings (SSSR count). The molecule has 36 heavy (non-hydrogen) atoms. The summed E-state index contributed by atoms with van der Waals surface area (Å²) in [6, 6.07) is 8.86. The van der Waals surface area contributed by atoms with Crippen molar-refractivity contribution in [2.24, 2.45) is 0 Å². The fraction of sp³-hybridized carbons (Fsp3) is 0.368. The lowest BCUT2D eigenvalue weighted by atomic mass is 10.1. The van der Waals surface area contributed by atoms with Gasteiger partial charge >= 0.3 is 15.2 Å². The van der Waals surface area contributed by atoms with Crippen LogP contribution in [0.4, 0.5) is 5.69 Å². The summed E-state index contributed by atoms with van der Waals surface area (Å²) in [6.45, 7) is -0.350. The topological polar surface area (TPSA) is 196 Å². The summed E-state index contributed by atoms with van der Waals surface area (Å²) in [4.78, 5) is 31.7. The van der Waals surface area contributed by atoms with Crippen molar-refractivity contribution in [1.29, 1.82) is 0 Å². The zero-order chi connectivity index (χ0) is 26.3. The molecule has 1 saturated heterocycles. The number of hydrogen-bond acceptors (Lipinski definition) is 9. The average molecular weight is 583 g/mol. The molecule has 3 heterocycles. The van der Waals surface area contributed by atoms with Crippen molar-refractivity contribution in [3.8, 4) is 0 Å². The molecule has 3 aromatic rings. The number of nitrogens with zero attached hydrogens (tertiary/aromatic N) is 3. The van der Waals surface area contributed by atoms with Crippen LogP contribution < -0.4 is 5.32 Å². The molecule has 6 N–H and O–H groups in total. The molecule has 0 radical (unpaired) electrons. The molecule has 1 unspecified atom stereocenters. The number of aliphatic hydroxyl groups excluding tert-OH is 2. The van der Waals surface area contributed by atoms with E-state index in [0.717, 1.165) is 5.56 Å². The molecule has 0 bridgehead atoms. The van der Waals surface area contributed by atoms with Crippen molar-refractivity contribution < 1.29 is 43.3 Å². The Morgan fingerprint density at radius 3 is 2.56 bits per heavy atom. The van der Waals surface area contributed by atoms with Gasteiger partial charge in [0.15, 0.2) is 16.9 Å². The van der Waals surface area contributed by atoms with Crippen molar-refractivity contribution in [3.05, 3.63) is 58.1 Å². The monoisotopic (exact) mass is 582 g/mol. The van der Waals surface area contributed by atoms with Gasteiger partial charge in [0.1, 0.15) is 29.9 Å². The molecule has 2 aromatic heterocycles. The first-order chi connectivity index (χ1) is 16.8. The number of rotatable bonds is 9. The van der Waals surface area contributed by atoms with Crippen LogP contribution in [0.15, 0.2) is 36.5 Å². The summed E-state index contributed by atoms with van der Waals surface area (Å²) in [5, 5.41) is 29.0. The molecule has 1 aliphatic rings. The molecule has 1 aliphatic heterocycles. The maximum atomic E-state index is 11.9. The van der Waals surface area contributed by atoms with Gasteiger partial charge in [-0.15, -0.1) is 0 Å². The van der Waals surface area contributed by atoms with E-state index >= 15 is 0 Å². The molecule has 5 atom stereocenters. The SMILES string of the molecule is O=P(O)(O)CP(=O)(O)OC[C@H]1O[C@@H](c2ncc3c(NCc4ccccc4Cl)cc(Cl)nn23)[C@H](O)[C@@H]1O. The number of aliphatic hydroxyl groups is 2. The van der Waals surface area contributed by atoms with Crippen molar-refractivity contribution in [2.45, 2.75) is 31.0 Å². The molecule has 17 heteroatoms. The van der Waals surface area contributed by atoms with Crippen molar-refractivity contribution in [1.82, 2.24) is 14.6 Å². The molecule has 0 amide bonds. The second kappa shape index (κ2) is 10.6. The molecular weight excluding hydrogens is 561 g/mol. The fourth-order valence-corrected chi connectivity index (χ4v) is 6.65. The zero-order valence-corrected chi connectivity index (χ0v) is 21.6. The minimum Gasteiger partial charge on any atom is -0.387 e. The van der Waals surface area contributed by atoms with Gasteiger partial charge in [0.05, 0.1) is 18.5 Å². The van der Waals surface area contributed by atoms with Gasteiger partial charge in [-0.1, -0.05) is 41.4 Å². The van der Waals surface area contributed by atoms with Crippen molar-refractivity contribution >= 4 is 49.6 Å². The average Bonchev–Trinajstić information content (AvgIpc) is 3.31. The molecule has 0 spiro atoms. The zero-order valence-electron chi connectivity index (χ0n) is 18.3. The Hall–Kier alpha value is -1.60.